The number of nitrogens with two attached hydrogens (primary N) is 1. The smallest absolute Gasteiger partial charge is 0.178 e. The van der Waals surface area contributed by atoms with Gasteiger partial charge in [0.1, 0.15) is 15.8 Å². The van der Waals surface area contributed by atoms with E-state index in [1.54, 1.807) is 43.6 Å². The maximum Gasteiger partial charge on any atom is 0.178 e. The Hall–Kier alpha value is -1.87. The number of carbonyl (C=O) groups is 1. The monoisotopic (exact) mass is 396 g/mol. The Morgan fingerprint density at radius 1 is 1.44 bits per heavy atom. The third kappa shape index (κ3) is 5.57. The van der Waals surface area contributed by atoms with Crippen LogP contribution in [-0.4, -0.2) is 28.1 Å². The number of methoxy groups -OCH3 is 1. The predicted octanol–water partition coefficient (Wildman–Crippen LogP) is 3.71. The molecule has 2 rings (SSSR count). The van der Waals surface area contributed by atoms with E-state index in [2.05, 4.69) is 10.3 Å². The van der Waals surface area contributed by atoms with Crippen LogP contribution in [0.1, 0.15) is 17.4 Å². The number of hydrazine groups is 1. The molecular formula is C16H17ClN4O2S2. The average molecular weight is 397 g/mol. The van der Waals surface area contributed by atoms with Gasteiger partial charge in [0.05, 0.1) is 30.6 Å². The highest BCUT2D eigenvalue weighted by molar-refractivity contribution is 8.23. The highest BCUT2D eigenvalue weighted by Gasteiger charge is 2.09. The number of hydrogen-bond acceptors (Lipinski definition) is 7. The summed E-state index contributed by atoms with van der Waals surface area (Å²) >= 11 is 12.7. The number of nitrogens with one attached hydrogen (secondary N) is 1. The Morgan fingerprint density at radius 2 is 2.20 bits per heavy atom. The summed E-state index contributed by atoms with van der Waals surface area (Å²) in [6.07, 6.45) is 1.55. The average Bonchev–Trinajstić information content (AvgIpc) is 2.60. The van der Waals surface area contributed by atoms with Gasteiger partial charge >= 0.3 is 0 Å². The molecule has 0 aliphatic carbocycles. The van der Waals surface area contributed by atoms with E-state index >= 15 is 0 Å². The van der Waals surface area contributed by atoms with Crippen LogP contribution in [0.5, 0.6) is 5.75 Å². The summed E-state index contributed by atoms with van der Waals surface area (Å²) in [5.74, 6) is 6.94. The first kappa shape index (κ1) is 19.5. The number of hydrogen-bond donors (Lipinski definition) is 2. The van der Waals surface area contributed by atoms with E-state index in [1.807, 2.05) is 0 Å². The van der Waals surface area contributed by atoms with Crippen molar-refractivity contribution < 1.29 is 9.53 Å². The summed E-state index contributed by atoms with van der Waals surface area (Å²) in [5.41, 5.74) is 1.76. The van der Waals surface area contributed by atoms with Gasteiger partial charge in [-0.1, -0.05) is 35.6 Å². The second-order valence-electron chi connectivity index (χ2n) is 4.96. The van der Waals surface area contributed by atoms with Crippen molar-refractivity contribution in [3.05, 3.63) is 47.2 Å². The van der Waals surface area contributed by atoms with Crippen molar-refractivity contribution >= 4 is 57.1 Å². The van der Waals surface area contributed by atoms with E-state index in [-0.39, 0.29) is 5.78 Å². The molecule has 0 radical (unpaired) electrons. The van der Waals surface area contributed by atoms with E-state index < -0.39 is 0 Å². The number of benzene rings is 1. The minimum absolute atomic E-state index is 0.0923. The molecule has 1 aromatic carbocycles. The summed E-state index contributed by atoms with van der Waals surface area (Å²) in [6.45, 7) is 1.46. The molecule has 132 valence electrons. The zero-order valence-corrected chi connectivity index (χ0v) is 16.0. The van der Waals surface area contributed by atoms with Crippen LogP contribution < -0.4 is 20.9 Å². The van der Waals surface area contributed by atoms with Gasteiger partial charge in [0.25, 0.3) is 0 Å². The van der Waals surface area contributed by atoms with Gasteiger partial charge in [-0.3, -0.25) is 14.8 Å². The number of halogens is 1. The fourth-order valence-corrected chi connectivity index (χ4v) is 2.92. The van der Waals surface area contributed by atoms with Gasteiger partial charge in [0.15, 0.2) is 5.78 Å². The molecule has 9 heteroatoms. The number of thioether (sulfide) groups is 1. The number of carbonyl (C=O) groups excluding carboxylic acids is 1. The first-order valence-corrected chi connectivity index (χ1v) is 8.94. The lowest BCUT2D eigenvalue weighted by Gasteiger charge is -2.19. The fourth-order valence-electron chi connectivity index (χ4n) is 1.89. The van der Waals surface area contributed by atoms with Crippen LogP contribution in [-0.2, 0) is 0 Å². The van der Waals surface area contributed by atoms with Crippen LogP contribution in [0.2, 0.25) is 5.02 Å². The summed E-state index contributed by atoms with van der Waals surface area (Å²) in [4.78, 5) is 15.3. The predicted molar refractivity (Wildman–Crippen MR) is 108 cm³/mol. The SMILES string of the molecule is COc1ccc(Cl)cc1NC(=S)SCN(N)c1ccc(C(C)=O)nc1. The van der Waals surface area contributed by atoms with Gasteiger partial charge in [-0.25, -0.2) is 5.84 Å². The van der Waals surface area contributed by atoms with E-state index in [4.69, 9.17) is 34.4 Å². The molecule has 0 atom stereocenters. The normalized spacial score (nSPS) is 10.2. The summed E-state index contributed by atoms with van der Waals surface area (Å²) in [7, 11) is 1.57. The molecule has 0 aliphatic heterocycles. The van der Waals surface area contributed by atoms with Gasteiger partial charge in [-0.15, -0.1) is 0 Å². The van der Waals surface area contributed by atoms with Gasteiger partial charge in [0, 0.05) is 11.9 Å². The standard InChI is InChI=1S/C16H17ClN4O2S2/c1-10(22)13-5-4-12(8-19-13)21(18)9-25-16(24)20-14-7-11(17)3-6-15(14)23-2/h3-8H,9,18H2,1-2H3,(H,20,24). The Kier molecular flexibility index (Phi) is 7.01. The third-order valence-corrected chi connectivity index (χ3v) is 4.64. The second-order valence-corrected chi connectivity index (χ2v) is 7.02. The number of Topliss-reactive ketones (excluding diaryl/α,β-unsaturated/α-hetero) is 1. The van der Waals surface area contributed by atoms with Crippen LogP contribution in [0.4, 0.5) is 11.4 Å². The number of ether oxygens (including phenoxy) is 1. The lowest BCUT2D eigenvalue weighted by atomic mass is 10.2. The minimum Gasteiger partial charge on any atom is -0.495 e. The molecule has 3 N–H and O–H groups in total. The Bertz CT molecular complexity index is 771. The fraction of sp³-hybridized carbons (Fsp3) is 0.188. The van der Waals surface area contributed by atoms with Crippen molar-refractivity contribution in [1.29, 1.82) is 0 Å². The molecule has 0 bridgehead atoms. The van der Waals surface area contributed by atoms with Crippen molar-refractivity contribution in [3.8, 4) is 5.75 Å². The van der Waals surface area contributed by atoms with Crippen LogP contribution in [0, 0.1) is 0 Å². The second kappa shape index (κ2) is 9.00. The molecule has 0 spiro atoms. The molecule has 0 saturated carbocycles. The lowest BCUT2D eigenvalue weighted by molar-refractivity contribution is 0.101. The molecule has 0 amide bonds. The molecule has 0 fully saturated rings. The van der Waals surface area contributed by atoms with Crippen molar-refractivity contribution in [2.75, 3.05) is 23.3 Å². The third-order valence-electron chi connectivity index (χ3n) is 3.17. The largest absolute Gasteiger partial charge is 0.495 e. The van der Waals surface area contributed by atoms with E-state index in [9.17, 15) is 4.79 Å². The summed E-state index contributed by atoms with van der Waals surface area (Å²) in [6, 6.07) is 8.60. The number of pyridine rings is 1. The molecule has 1 heterocycles. The Labute approximate surface area is 160 Å². The van der Waals surface area contributed by atoms with Gasteiger partial charge in [-0.2, -0.15) is 0 Å². The molecule has 2 aromatic rings. The number of nitrogens with zero attached hydrogens (tertiary/aromatic N) is 2. The lowest BCUT2D eigenvalue weighted by Crippen LogP contribution is -2.31. The quantitative estimate of drug-likeness (QED) is 0.251. The van der Waals surface area contributed by atoms with E-state index in [1.165, 1.54) is 23.7 Å². The zero-order chi connectivity index (χ0) is 18.4. The van der Waals surface area contributed by atoms with Crippen LogP contribution >= 0.6 is 35.6 Å². The maximum absolute atomic E-state index is 11.2. The molecule has 6 nitrogen and oxygen atoms in total. The van der Waals surface area contributed by atoms with Crippen molar-refractivity contribution in [1.82, 2.24) is 4.98 Å². The highest BCUT2D eigenvalue weighted by Crippen LogP contribution is 2.28. The van der Waals surface area contributed by atoms with Crippen molar-refractivity contribution in [2.45, 2.75) is 6.92 Å². The summed E-state index contributed by atoms with van der Waals surface area (Å²) < 4.78 is 5.78. The van der Waals surface area contributed by atoms with Crippen LogP contribution in [0.25, 0.3) is 0 Å². The van der Waals surface area contributed by atoms with Crippen molar-refractivity contribution in [3.63, 3.8) is 0 Å². The van der Waals surface area contributed by atoms with E-state index in [0.717, 1.165) is 0 Å². The number of rotatable bonds is 6. The van der Waals surface area contributed by atoms with E-state index in [0.29, 0.717) is 38.0 Å². The zero-order valence-electron chi connectivity index (χ0n) is 13.7. The topological polar surface area (TPSA) is 80.5 Å². The summed E-state index contributed by atoms with van der Waals surface area (Å²) in [5, 5.41) is 5.14. The molecule has 0 saturated heterocycles. The van der Waals surface area contributed by atoms with Gasteiger partial charge < -0.3 is 10.1 Å². The van der Waals surface area contributed by atoms with Crippen molar-refractivity contribution in [2.24, 2.45) is 5.84 Å². The first-order valence-electron chi connectivity index (χ1n) is 7.17. The maximum atomic E-state index is 11.2. The molecule has 1 aromatic heterocycles. The minimum atomic E-state index is -0.0923. The van der Waals surface area contributed by atoms with Gasteiger partial charge in [-0.05, 0) is 30.3 Å². The number of ketones is 1. The number of thiocarbonyl (C=S) groups is 1. The van der Waals surface area contributed by atoms with Crippen LogP contribution in [0.3, 0.4) is 0 Å². The molecule has 25 heavy (non-hydrogen) atoms. The number of anilines is 2. The van der Waals surface area contributed by atoms with Crippen LogP contribution in [0.15, 0.2) is 36.5 Å². The molecule has 0 aliphatic rings. The first-order chi connectivity index (χ1) is 11.9. The number of aromatic nitrogens is 1. The Morgan fingerprint density at radius 3 is 2.80 bits per heavy atom. The molecular weight excluding hydrogens is 380 g/mol. The highest BCUT2D eigenvalue weighted by atomic mass is 35.5. The van der Waals surface area contributed by atoms with Gasteiger partial charge in [0.2, 0.25) is 0 Å². The Balaban J connectivity index is 1.93. The molecule has 0 unspecified atom stereocenters.